The minimum atomic E-state index is 0.985. The molecule has 1 aromatic heterocycles. The maximum Gasteiger partial charge on any atom is 0.0827 e. The van der Waals surface area contributed by atoms with Crippen molar-refractivity contribution in [3.8, 4) is 0 Å². The lowest BCUT2D eigenvalue weighted by atomic mass is 10.2. The van der Waals surface area contributed by atoms with Crippen molar-refractivity contribution >= 4 is 12.6 Å². The molecule has 3 nitrogen and oxygen atoms in total. The number of hydrogen-bond donors (Lipinski definition) is 1. The molecule has 0 fully saturated rings. The zero-order valence-electron chi connectivity index (χ0n) is 9.52. The number of rotatable bonds is 8. The zero-order chi connectivity index (χ0) is 10.9. The van der Waals surface area contributed by atoms with E-state index in [2.05, 4.69) is 36.1 Å². The van der Waals surface area contributed by atoms with Gasteiger partial charge >= 0.3 is 0 Å². The second-order valence-corrected chi connectivity index (χ2v) is 4.31. The number of hydrogen-bond acceptors (Lipinski definition) is 3. The number of unbranched alkanes of at least 4 members (excludes halogenated alkanes) is 3. The van der Waals surface area contributed by atoms with Crippen molar-refractivity contribution in [2.45, 2.75) is 52.0 Å². The molecule has 0 radical (unpaired) electrons. The lowest BCUT2D eigenvalue weighted by Gasteiger charge is -1.98. The van der Waals surface area contributed by atoms with Crippen LogP contribution in [0.15, 0.2) is 6.20 Å². The van der Waals surface area contributed by atoms with Crippen LogP contribution >= 0.6 is 12.6 Å². The molecule has 0 bridgehead atoms. The Balaban J connectivity index is 2.20. The van der Waals surface area contributed by atoms with Gasteiger partial charge in [-0.3, -0.25) is 4.68 Å². The second kappa shape index (κ2) is 7.74. The fourth-order valence-electron chi connectivity index (χ4n) is 1.48. The Morgan fingerprint density at radius 3 is 2.87 bits per heavy atom. The maximum atomic E-state index is 4.19. The van der Waals surface area contributed by atoms with Gasteiger partial charge in [0, 0.05) is 12.7 Å². The van der Waals surface area contributed by atoms with Crippen LogP contribution < -0.4 is 0 Å². The lowest BCUT2D eigenvalue weighted by molar-refractivity contribution is 0.538. The summed E-state index contributed by atoms with van der Waals surface area (Å²) in [4.78, 5) is 0. The highest BCUT2D eigenvalue weighted by Crippen LogP contribution is 2.03. The van der Waals surface area contributed by atoms with Gasteiger partial charge in [-0.2, -0.15) is 12.6 Å². The van der Waals surface area contributed by atoms with Crippen molar-refractivity contribution in [2.24, 2.45) is 0 Å². The average molecular weight is 227 g/mol. The van der Waals surface area contributed by atoms with Crippen LogP contribution in [0.5, 0.6) is 0 Å². The highest BCUT2D eigenvalue weighted by atomic mass is 32.1. The van der Waals surface area contributed by atoms with Crippen LogP contribution in [0.1, 0.15) is 44.7 Å². The zero-order valence-corrected chi connectivity index (χ0v) is 10.4. The summed E-state index contributed by atoms with van der Waals surface area (Å²) in [6.45, 7) is 3.19. The standard InChI is InChI=1S/C11H21N3S/c1-2-3-7-11-10-14(13-12-11)8-5-4-6-9-15/h10,15H,2-9H2,1H3. The summed E-state index contributed by atoms with van der Waals surface area (Å²) in [7, 11) is 0. The van der Waals surface area contributed by atoms with Crippen molar-refractivity contribution in [2.75, 3.05) is 5.75 Å². The van der Waals surface area contributed by atoms with E-state index in [0.717, 1.165) is 24.4 Å². The maximum absolute atomic E-state index is 4.19. The summed E-state index contributed by atoms with van der Waals surface area (Å²) in [5.74, 6) is 0.985. The Kier molecular flexibility index (Phi) is 6.48. The Bertz CT molecular complexity index is 260. The number of thiol groups is 1. The molecule has 0 aliphatic heterocycles. The Morgan fingerprint density at radius 2 is 2.13 bits per heavy atom. The molecule has 0 saturated heterocycles. The summed E-state index contributed by atoms with van der Waals surface area (Å²) in [6, 6.07) is 0. The van der Waals surface area contributed by atoms with Crippen LogP contribution in [0.3, 0.4) is 0 Å². The van der Waals surface area contributed by atoms with Crippen LogP contribution in [0.4, 0.5) is 0 Å². The predicted octanol–water partition coefficient (Wildman–Crippen LogP) is 2.72. The van der Waals surface area contributed by atoms with Gasteiger partial charge in [-0.25, -0.2) is 0 Å². The molecular formula is C11H21N3S. The quantitative estimate of drug-likeness (QED) is 0.547. The minimum Gasteiger partial charge on any atom is -0.252 e. The first-order valence-electron chi connectivity index (χ1n) is 5.86. The van der Waals surface area contributed by atoms with Gasteiger partial charge in [-0.15, -0.1) is 5.10 Å². The SMILES string of the molecule is CCCCc1cn(CCCCCS)nn1. The molecule has 0 saturated carbocycles. The van der Waals surface area contributed by atoms with E-state index in [4.69, 9.17) is 0 Å². The normalized spacial score (nSPS) is 10.8. The monoisotopic (exact) mass is 227 g/mol. The summed E-state index contributed by atoms with van der Waals surface area (Å²) >= 11 is 4.19. The van der Waals surface area contributed by atoms with E-state index in [1.165, 1.54) is 32.1 Å². The molecule has 86 valence electrons. The lowest BCUT2D eigenvalue weighted by Crippen LogP contribution is -1.98. The highest BCUT2D eigenvalue weighted by Gasteiger charge is 1.99. The van der Waals surface area contributed by atoms with Crippen molar-refractivity contribution < 1.29 is 0 Å². The molecule has 1 heterocycles. The topological polar surface area (TPSA) is 30.7 Å². The van der Waals surface area contributed by atoms with Gasteiger partial charge in [0.2, 0.25) is 0 Å². The van der Waals surface area contributed by atoms with E-state index in [9.17, 15) is 0 Å². The molecular weight excluding hydrogens is 206 g/mol. The van der Waals surface area contributed by atoms with Crippen molar-refractivity contribution in [1.29, 1.82) is 0 Å². The van der Waals surface area contributed by atoms with Gasteiger partial charge in [-0.05, 0) is 31.4 Å². The van der Waals surface area contributed by atoms with Gasteiger partial charge < -0.3 is 0 Å². The van der Waals surface area contributed by atoms with Crippen LogP contribution in [-0.4, -0.2) is 20.7 Å². The Labute approximate surface area is 97.7 Å². The van der Waals surface area contributed by atoms with Crippen LogP contribution in [0.25, 0.3) is 0 Å². The smallest absolute Gasteiger partial charge is 0.0827 e. The molecule has 0 aliphatic rings. The molecule has 1 rings (SSSR count). The molecule has 0 amide bonds. The molecule has 0 atom stereocenters. The molecule has 15 heavy (non-hydrogen) atoms. The van der Waals surface area contributed by atoms with Crippen LogP contribution in [0.2, 0.25) is 0 Å². The van der Waals surface area contributed by atoms with E-state index < -0.39 is 0 Å². The van der Waals surface area contributed by atoms with E-state index in [1.807, 2.05) is 4.68 Å². The average Bonchev–Trinajstić information content (AvgIpc) is 2.69. The molecule has 4 heteroatoms. The van der Waals surface area contributed by atoms with E-state index in [-0.39, 0.29) is 0 Å². The van der Waals surface area contributed by atoms with Crippen molar-refractivity contribution in [3.63, 3.8) is 0 Å². The Morgan fingerprint density at radius 1 is 1.27 bits per heavy atom. The summed E-state index contributed by atoms with van der Waals surface area (Å²) in [6.07, 6.45) is 9.17. The molecule has 0 N–H and O–H groups in total. The molecule has 0 aliphatic carbocycles. The van der Waals surface area contributed by atoms with Gasteiger partial charge in [0.05, 0.1) is 5.69 Å². The van der Waals surface area contributed by atoms with Crippen LogP contribution in [-0.2, 0) is 13.0 Å². The third-order valence-corrected chi connectivity index (χ3v) is 2.73. The van der Waals surface area contributed by atoms with Gasteiger partial charge in [0.25, 0.3) is 0 Å². The summed E-state index contributed by atoms with van der Waals surface area (Å²) in [5.41, 5.74) is 1.13. The first-order valence-corrected chi connectivity index (χ1v) is 6.50. The summed E-state index contributed by atoms with van der Waals surface area (Å²) < 4.78 is 1.96. The van der Waals surface area contributed by atoms with E-state index in [0.29, 0.717) is 0 Å². The molecule has 0 unspecified atom stereocenters. The fourth-order valence-corrected chi connectivity index (χ4v) is 1.71. The number of aryl methyl sites for hydroxylation is 2. The van der Waals surface area contributed by atoms with Crippen molar-refractivity contribution in [3.05, 3.63) is 11.9 Å². The van der Waals surface area contributed by atoms with Gasteiger partial charge in [-0.1, -0.05) is 25.0 Å². The largest absolute Gasteiger partial charge is 0.252 e. The number of aromatic nitrogens is 3. The first kappa shape index (κ1) is 12.6. The molecule has 0 spiro atoms. The third-order valence-electron chi connectivity index (χ3n) is 2.42. The highest BCUT2D eigenvalue weighted by molar-refractivity contribution is 7.80. The second-order valence-electron chi connectivity index (χ2n) is 3.86. The van der Waals surface area contributed by atoms with E-state index >= 15 is 0 Å². The first-order chi connectivity index (χ1) is 7.36. The molecule has 0 aromatic carbocycles. The van der Waals surface area contributed by atoms with E-state index in [1.54, 1.807) is 0 Å². The minimum absolute atomic E-state index is 0.985. The predicted molar refractivity (Wildman–Crippen MR) is 66.3 cm³/mol. The van der Waals surface area contributed by atoms with Crippen LogP contribution in [0, 0.1) is 0 Å². The van der Waals surface area contributed by atoms with Gasteiger partial charge in [0.1, 0.15) is 0 Å². The fraction of sp³-hybridized carbons (Fsp3) is 0.818. The van der Waals surface area contributed by atoms with Crippen molar-refractivity contribution in [1.82, 2.24) is 15.0 Å². The number of nitrogens with zero attached hydrogens (tertiary/aromatic N) is 3. The third kappa shape index (κ3) is 5.21. The molecule has 1 aromatic rings. The van der Waals surface area contributed by atoms with Gasteiger partial charge in [0.15, 0.2) is 0 Å². The summed E-state index contributed by atoms with van der Waals surface area (Å²) in [5, 5.41) is 8.26. The Hall–Kier alpha value is -0.510.